The van der Waals surface area contributed by atoms with E-state index in [1.165, 1.54) is 12.1 Å². The molecule has 0 amide bonds. The van der Waals surface area contributed by atoms with Gasteiger partial charge in [0.05, 0.1) is 9.75 Å². The van der Waals surface area contributed by atoms with Crippen LogP contribution in [-0.4, -0.2) is 29.6 Å². The SMILES string of the molecule is C[Si](C)(C)C[C@H]1C[C@H](Br)C(c2ccc([N+](=O)[O-])cc2)=NO1. The van der Waals surface area contributed by atoms with Crippen molar-refractivity contribution in [1.82, 2.24) is 0 Å². The van der Waals surface area contributed by atoms with Gasteiger partial charge in [-0.1, -0.05) is 40.7 Å². The highest BCUT2D eigenvalue weighted by Crippen LogP contribution is 2.28. The van der Waals surface area contributed by atoms with Gasteiger partial charge >= 0.3 is 0 Å². The molecule has 7 heteroatoms. The first-order valence-corrected chi connectivity index (χ1v) is 11.5. The van der Waals surface area contributed by atoms with Gasteiger partial charge in [-0.05, 0) is 18.2 Å². The molecule has 2 atom stereocenters. The largest absolute Gasteiger partial charge is 0.392 e. The van der Waals surface area contributed by atoms with Crippen molar-refractivity contribution in [2.24, 2.45) is 5.16 Å². The van der Waals surface area contributed by atoms with Crippen LogP contribution in [0.15, 0.2) is 29.4 Å². The van der Waals surface area contributed by atoms with Gasteiger partial charge in [0.25, 0.3) is 5.69 Å². The fourth-order valence-corrected chi connectivity index (χ4v) is 4.74. The molecule has 2 rings (SSSR count). The van der Waals surface area contributed by atoms with Crippen molar-refractivity contribution in [1.29, 1.82) is 0 Å². The zero-order chi connectivity index (χ0) is 15.6. The molecule has 114 valence electrons. The van der Waals surface area contributed by atoms with E-state index < -0.39 is 13.0 Å². The third kappa shape index (κ3) is 4.37. The Morgan fingerprint density at radius 2 is 2.00 bits per heavy atom. The maximum Gasteiger partial charge on any atom is 0.269 e. The lowest BCUT2D eigenvalue weighted by Gasteiger charge is -2.29. The maximum atomic E-state index is 10.7. The number of hydrogen-bond donors (Lipinski definition) is 0. The minimum absolute atomic E-state index is 0.0822. The summed E-state index contributed by atoms with van der Waals surface area (Å²) in [6, 6.07) is 7.49. The smallest absolute Gasteiger partial charge is 0.269 e. The quantitative estimate of drug-likeness (QED) is 0.345. The van der Waals surface area contributed by atoms with E-state index in [9.17, 15) is 10.1 Å². The van der Waals surface area contributed by atoms with E-state index >= 15 is 0 Å². The molecule has 21 heavy (non-hydrogen) atoms. The first-order valence-electron chi connectivity index (χ1n) is 6.89. The van der Waals surface area contributed by atoms with E-state index in [1.54, 1.807) is 12.1 Å². The second-order valence-corrected chi connectivity index (χ2v) is 13.1. The zero-order valence-corrected chi connectivity index (χ0v) is 15.0. The van der Waals surface area contributed by atoms with Crippen molar-refractivity contribution in [2.45, 2.75) is 43.0 Å². The number of nitro groups is 1. The first kappa shape index (κ1) is 16.2. The molecule has 0 radical (unpaired) electrons. The predicted molar refractivity (Wildman–Crippen MR) is 90.0 cm³/mol. The summed E-state index contributed by atoms with van der Waals surface area (Å²) < 4.78 is 0. The Labute approximate surface area is 133 Å². The van der Waals surface area contributed by atoms with Gasteiger partial charge in [0.1, 0.15) is 11.8 Å². The van der Waals surface area contributed by atoms with Gasteiger partial charge in [-0.3, -0.25) is 10.1 Å². The second-order valence-electron chi connectivity index (χ2n) is 6.48. The Kier molecular flexibility index (Phi) is 4.83. The van der Waals surface area contributed by atoms with Gasteiger partial charge in [-0.2, -0.15) is 0 Å². The molecule has 1 aromatic carbocycles. The van der Waals surface area contributed by atoms with E-state index in [4.69, 9.17) is 4.84 Å². The van der Waals surface area contributed by atoms with Crippen LogP contribution in [0.4, 0.5) is 5.69 Å². The normalized spacial score (nSPS) is 22.4. The van der Waals surface area contributed by atoms with E-state index in [0.717, 1.165) is 23.7 Å². The molecule has 0 saturated heterocycles. The standard InChI is InChI=1S/C14H19BrN2O3Si/c1-21(2,3)9-12-8-13(15)14(16-20-12)10-4-6-11(7-5-10)17(18)19/h4-7,12-13H,8-9H2,1-3H3/t12-,13+/m1/s1. The molecule has 0 unspecified atom stereocenters. The van der Waals surface area contributed by atoms with Gasteiger partial charge in [-0.25, -0.2) is 0 Å². The Bertz CT molecular complexity index is 554. The number of halogens is 1. The number of hydrogen-bond acceptors (Lipinski definition) is 4. The average molecular weight is 371 g/mol. The van der Waals surface area contributed by atoms with Gasteiger partial charge in [-0.15, -0.1) is 0 Å². The molecule has 0 aromatic heterocycles. The topological polar surface area (TPSA) is 64.7 Å². The lowest BCUT2D eigenvalue weighted by molar-refractivity contribution is -0.384. The second kappa shape index (κ2) is 6.27. The van der Waals surface area contributed by atoms with E-state index in [0.29, 0.717) is 0 Å². The molecule has 0 saturated carbocycles. The molecule has 1 heterocycles. The molecule has 0 N–H and O–H groups in total. The summed E-state index contributed by atoms with van der Waals surface area (Å²) in [7, 11) is -1.19. The number of alkyl halides is 1. The number of oxime groups is 1. The minimum atomic E-state index is -1.19. The number of non-ortho nitro benzene ring substituents is 1. The van der Waals surface area contributed by atoms with Crippen LogP contribution in [0.5, 0.6) is 0 Å². The summed E-state index contributed by atoms with van der Waals surface area (Å²) in [6.07, 6.45) is 1.03. The summed E-state index contributed by atoms with van der Waals surface area (Å²) >= 11 is 3.66. The van der Waals surface area contributed by atoms with Crippen molar-refractivity contribution in [3.05, 3.63) is 39.9 Å². The van der Waals surface area contributed by atoms with Crippen LogP contribution in [0.3, 0.4) is 0 Å². The summed E-state index contributed by atoms with van der Waals surface area (Å²) in [5, 5.41) is 14.9. The highest BCUT2D eigenvalue weighted by Gasteiger charge is 2.30. The lowest BCUT2D eigenvalue weighted by atomic mass is 10.0. The first-order chi connectivity index (χ1) is 9.76. The number of nitro benzene ring substituents is 1. The van der Waals surface area contributed by atoms with Crippen LogP contribution < -0.4 is 0 Å². The summed E-state index contributed by atoms with van der Waals surface area (Å²) in [5.74, 6) is 0. The molecule has 1 aromatic rings. The van der Waals surface area contributed by atoms with Gasteiger partial charge in [0, 0.05) is 32.2 Å². The zero-order valence-electron chi connectivity index (χ0n) is 12.4. The van der Waals surface area contributed by atoms with Crippen molar-refractivity contribution < 1.29 is 9.76 Å². The fraction of sp³-hybridized carbons (Fsp3) is 0.500. The van der Waals surface area contributed by atoms with Crippen molar-refractivity contribution in [3.8, 4) is 0 Å². The van der Waals surface area contributed by atoms with Crippen LogP contribution in [0.25, 0.3) is 0 Å². The fourth-order valence-electron chi connectivity index (χ4n) is 2.37. The molecule has 0 spiro atoms. The van der Waals surface area contributed by atoms with Crippen molar-refractivity contribution in [2.75, 3.05) is 0 Å². The highest BCUT2D eigenvalue weighted by atomic mass is 79.9. The predicted octanol–water partition coefficient (Wildman–Crippen LogP) is 4.19. The number of benzene rings is 1. The maximum absolute atomic E-state index is 10.7. The van der Waals surface area contributed by atoms with E-state index in [1.807, 2.05) is 0 Å². The van der Waals surface area contributed by atoms with Crippen LogP contribution >= 0.6 is 15.9 Å². The third-order valence-electron chi connectivity index (χ3n) is 3.28. The lowest BCUT2D eigenvalue weighted by Crippen LogP contribution is -2.34. The van der Waals surface area contributed by atoms with Gasteiger partial charge < -0.3 is 4.84 Å². The molecular formula is C14H19BrN2O3Si. The van der Waals surface area contributed by atoms with Gasteiger partial charge in [0.15, 0.2) is 0 Å². The molecule has 0 bridgehead atoms. The minimum Gasteiger partial charge on any atom is -0.392 e. The van der Waals surface area contributed by atoms with E-state index in [-0.39, 0.29) is 16.6 Å². The van der Waals surface area contributed by atoms with Crippen LogP contribution in [0.1, 0.15) is 12.0 Å². The summed E-state index contributed by atoms with van der Waals surface area (Å²) in [5.41, 5.74) is 1.74. The Hall–Kier alpha value is -1.21. The number of rotatable bonds is 4. The summed E-state index contributed by atoms with van der Waals surface area (Å²) in [4.78, 5) is 16.0. The summed E-state index contributed by atoms with van der Waals surface area (Å²) in [6.45, 7) is 6.94. The third-order valence-corrected chi connectivity index (χ3v) is 5.77. The van der Waals surface area contributed by atoms with E-state index in [2.05, 4.69) is 40.7 Å². The van der Waals surface area contributed by atoms with Crippen LogP contribution in [-0.2, 0) is 4.84 Å². The van der Waals surface area contributed by atoms with Crippen LogP contribution in [0, 0.1) is 10.1 Å². The molecule has 0 fully saturated rings. The Morgan fingerprint density at radius 1 is 1.38 bits per heavy atom. The monoisotopic (exact) mass is 370 g/mol. The molecule has 1 aliphatic heterocycles. The Morgan fingerprint density at radius 3 is 2.48 bits per heavy atom. The molecular weight excluding hydrogens is 352 g/mol. The Balaban J connectivity index is 2.12. The molecule has 5 nitrogen and oxygen atoms in total. The molecule has 1 aliphatic rings. The van der Waals surface area contributed by atoms with Crippen molar-refractivity contribution in [3.63, 3.8) is 0 Å². The highest BCUT2D eigenvalue weighted by molar-refractivity contribution is 9.10. The van der Waals surface area contributed by atoms with Crippen molar-refractivity contribution >= 4 is 35.4 Å². The van der Waals surface area contributed by atoms with Gasteiger partial charge in [0.2, 0.25) is 0 Å². The average Bonchev–Trinajstić information content (AvgIpc) is 2.37. The molecule has 0 aliphatic carbocycles. The van der Waals surface area contributed by atoms with Crippen LogP contribution in [0.2, 0.25) is 25.7 Å². The number of nitrogens with zero attached hydrogens (tertiary/aromatic N) is 2.